The van der Waals surface area contributed by atoms with E-state index in [1.165, 1.54) is 0 Å². The van der Waals surface area contributed by atoms with Crippen molar-refractivity contribution in [1.82, 2.24) is 24.6 Å². The Morgan fingerprint density at radius 1 is 1.32 bits per heavy atom. The monoisotopic (exact) mass is 381 g/mol. The highest BCUT2D eigenvalue weighted by molar-refractivity contribution is 5.98. The van der Waals surface area contributed by atoms with Crippen molar-refractivity contribution in [3.63, 3.8) is 0 Å². The number of nitrogens with zero attached hydrogens (tertiary/aromatic N) is 4. The van der Waals surface area contributed by atoms with E-state index >= 15 is 0 Å². The van der Waals surface area contributed by atoms with E-state index in [0.717, 1.165) is 41.1 Å². The number of amides is 1. The van der Waals surface area contributed by atoms with Crippen LogP contribution in [0.5, 0.6) is 5.75 Å². The summed E-state index contributed by atoms with van der Waals surface area (Å²) in [6.45, 7) is 7.73. The number of hydrogen-bond donors (Lipinski definition) is 1. The lowest BCUT2D eigenvalue weighted by molar-refractivity contribution is 0.0625. The van der Waals surface area contributed by atoms with Gasteiger partial charge in [-0.1, -0.05) is 13.8 Å². The highest BCUT2D eigenvalue weighted by atomic mass is 16.5. The number of benzene rings is 1. The summed E-state index contributed by atoms with van der Waals surface area (Å²) in [4.78, 5) is 23.0. The van der Waals surface area contributed by atoms with Crippen LogP contribution in [0, 0.1) is 5.92 Å². The molecule has 1 amide bonds. The SMILES string of the molecule is COc1ccc2[nH]c(C(=O)N3CCn4nc(CCC(C)C)nc4[C@H]3C)cc2c1. The molecule has 1 aliphatic rings. The molecule has 0 spiro atoms. The molecule has 3 aromatic rings. The van der Waals surface area contributed by atoms with Gasteiger partial charge in [-0.2, -0.15) is 5.10 Å². The Balaban J connectivity index is 1.56. The number of H-pyrrole nitrogens is 1. The van der Waals surface area contributed by atoms with Crippen molar-refractivity contribution in [3.8, 4) is 5.75 Å². The van der Waals surface area contributed by atoms with Gasteiger partial charge in [0.1, 0.15) is 17.3 Å². The van der Waals surface area contributed by atoms with Crippen LogP contribution in [0.15, 0.2) is 24.3 Å². The van der Waals surface area contributed by atoms with Crippen LogP contribution >= 0.6 is 0 Å². The van der Waals surface area contributed by atoms with Gasteiger partial charge in [0.25, 0.3) is 5.91 Å². The fourth-order valence-electron chi connectivity index (χ4n) is 3.72. The molecular formula is C21H27N5O2. The zero-order valence-electron chi connectivity index (χ0n) is 16.9. The molecule has 0 aliphatic carbocycles. The topological polar surface area (TPSA) is 76.0 Å². The molecule has 0 unspecified atom stereocenters. The van der Waals surface area contributed by atoms with Gasteiger partial charge in [-0.25, -0.2) is 9.67 Å². The number of ether oxygens (including phenoxy) is 1. The molecule has 28 heavy (non-hydrogen) atoms. The number of carbonyl (C=O) groups excluding carboxylic acids is 1. The number of aromatic amines is 1. The van der Waals surface area contributed by atoms with E-state index in [9.17, 15) is 4.79 Å². The molecule has 1 aromatic carbocycles. The summed E-state index contributed by atoms with van der Waals surface area (Å²) < 4.78 is 7.23. The number of fused-ring (bicyclic) bond motifs is 2. The second-order valence-electron chi connectivity index (χ2n) is 7.85. The minimum atomic E-state index is -0.109. The Morgan fingerprint density at radius 3 is 2.89 bits per heavy atom. The number of carbonyl (C=O) groups is 1. The summed E-state index contributed by atoms with van der Waals surface area (Å²) in [5.74, 6) is 3.13. The van der Waals surface area contributed by atoms with Crippen molar-refractivity contribution < 1.29 is 9.53 Å². The molecule has 7 nitrogen and oxygen atoms in total. The van der Waals surface area contributed by atoms with Crippen molar-refractivity contribution in [2.45, 2.75) is 46.2 Å². The average molecular weight is 381 g/mol. The Hall–Kier alpha value is -2.83. The summed E-state index contributed by atoms with van der Waals surface area (Å²) in [6, 6.07) is 7.53. The first-order valence-electron chi connectivity index (χ1n) is 9.87. The maximum atomic E-state index is 13.2. The molecule has 4 rings (SSSR count). The minimum absolute atomic E-state index is 0.0133. The molecule has 1 atom stereocenters. The van der Waals surface area contributed by atoms with Gasteiger partial charge in [0.15, 0.2) is 5.82 Å². The second-order valence-corrected chi connectivity index (χ2v) is 7.85. The molecule has 0 saturated heterocycles. The quantitative estimate of drug-likeness (QED) is 0.733. The maximum absolute atomic E-state index is 13.2. The van der Waals surface area contributed by atoms with E-state index in [1.54, 1.807) is 7.11 Å². The molecule has 7 heteroatoms. The summed E-state index contributed by atoms with van der Waals surface area (Å²) in [6.07, 6.45) is 1.95. The Kier molecular flexibility index (Phi) is 4.83. The zero-order valence-corrected chi connectivity index (χ0v) is 16.9. The van der Waals surface area contributed by atoms with E-state index in [-0.39, 0.29) is 11.9 Å². The predicted molar refractivity (Wildman–Crippen MR) is 107 cm³/mol. The summed E-state index contributed by atoms with van der Waals surface area (Å²) >= 11 is 0. The Bertz CT molecular complexity index is 1000. The lowest BCUT2D eigenvalue weighted by atomic mass is 10.1. The van der Waals surface area contributed by atoms with Crippen molar-refractivity contribution in [2.75, 3.05) is 13.7 Å². The van der Waals surface area contributed by atoms with Crippen molar-refractivity contribution in [2.24, 2.45) is 5.92 Å². The highest BCUT2D eigenvalue weighted by Gasteiger charge is 2.31. The van der Waals surface area contributed by atoms with Gasteiger partial charge >= 0.3 is 0 Å². The van der Waals surface area contributed by atoms with Gasteiger partial charge in [-0.3, -0.25) is 4.79 Å². The third-order valence-corrected chi connectivity index (χ3v) is 5.40. The number of rotatable bonds is 5. The van der Waals surface area contributed by atoms with E-state index in [4.69, 9.17) is 9.72 Å². The van der Waals surface area contributed by atoms with Crippen LogP contribution in [0.1, 0.15) is 55.4 Å². The van der Waals surface area contributed by atoms with Crippen LogP contribution in [0.4, 0.5) is 0 Å². The van der Waals surface area contributed by atoms with Crippen LogP contribution in [0.3, 0.4) is 0 Å². The third-order valence-electron chi connectivity index (χ3n) is 5.40. The molecule has 2 aromatic heterocycles. The van der Waals surface area contributed by atoms with Gasteiger partial charge < -0.3 is 14.6 Å². The Labute approximate surface area is 164 Å². The smallest absolute Gasteiger partial charge is 0.270 e. The van der Waals surface area contributed by atoms with Crippen LogP contribution in [0.2, 0.25) is 0 Å². The molecule has 0 radical (unpaired) electrons. The zero-order chi connectivity index (χ0) is 19.8. The van der Waals surface area contributed by atoms with Gasteiger partial charge in [0, 0.05) is 23.9 Å². The van der Waals surface area contributed by atoms with E-state index < -0.39 is 0 Å². The van der Waals surface area contributed by atoms with Crippen LogP contribution < -0.4 is 4.74 Å². The second kappa shape index (κ2) is 7.30. The standard InChI is InChI=1S/C21H27N5O2/c1-13(2)5-8-19-23-20-14(3)25(9-10-26(20)24-19)21(27)18-12-15-11-16(28-4)6-7-17(15)22-18/h6-7,11-14,22H,5,8-10H2,1-4H3/t14-/m1/s1. The molecule has 0 bridgehead atoms. The van der Waals surface area contributed by atoms with Crippen LogP contribution in [-0.2, 0) is 13.0 Å². The average Bonchev–Trinajstić information content (AvgIpc) is 3.29. The first-order chi connectivity index (χ1) is 13.5. The third kappa shape index (κ3) is 3.37. The van der Waals surface area contributed by atoms with Gasteiger partial charge in [0.2, 0.25) is 0 Å². The highest BCUT2D eigenvalue weighted by Crippen LogP contribution is 2.27. The molecule has 0 saturated carbocycles. The van der Waals surface area contributed by atoms with Crippen LogP contribution in [0.25, 0.3) is 10.9 Å². The Morgan fingerprint density at radius 2 is 2.14 bits per heavy atom. The lowest BCUT2D eigenvalue weighted by Gasteiger charge is -2.32. The number of aromatic nitrogens is 4. The number of methoxy groups -OCH3 is 1. The van der Waals surface area contributed by atoms with Gasteiger partial charge in [-0.05, 0) is 43.5 Å². The molecule has 148 valence electrons. The first kappa shape index (κ1) is 18.5. The number of aryl methyl sites for hydroxylation is 1. The fourth-order valence-corrected chi connectivity index (χ4v) is 3.72. The van der Waals surface area contributed by atoms with Crippen molar-refractivity contribution in [1.29, 1.82) is 0 Å². The largest absolute Gasteiger partial charge is 0.497 e. The normalized spacial score (nSPS) is 16.6. The molecule has 0 fully saturated rings. The summed E-state index contributed by atoms with van der Waals surface area (Å²) in [7, 11) is 1.64. The summed E-state index contributed by atoms with van der Waals surface area (Å²) in [5, 5.41) is 5.60. The predicted octanol–water partition coefficient (Wildman–Crippen LogP) is 3.57. The number of nitrogens with one attached hydrogen (secondary N) is 1. The molecule has 3 heterocycles. The fraction of sp³-hybridized carbons (Fsp3) is 0.476. The molecular weight excluding hydrogens is 354 g/mol. The van der Waals surface area contributed by atoms with Crippen LogP contribution in [-0.4, -0.2) is 44.2 Å². The maximum Gasteiger partial charge on any atom is 0.270 e. The van der Waals surface area contributed by atoms with E-state index in [0.29, 0.717) is 24.7 Å². The minimum Gasteiger partial charge on any atom is -0.497 e. The van der Waals surface area contributed by atoms with E-state index in [2.05, 4.69) is 23.9 Å². The van der Waals surface area contributed by atoms with Gasteiger partial charge in [0.05, 0.1) is 19.7 Å². The lowest BCUT2D eigenvalue weighted by Crippen LogP contribution is -2.41. The van der Waals surface area contributed by atoms with E-state index in [1.807, 2.05) is 40.8 Å². The van der Waals surface area contributed by atoms with Crippen molar-refractivity contribution in [3.05, 3.63) is 41.6 Å². The number of hydrogen-bond acceptors (Lipinski definition) is 4. The summed E-state index contributed by atoms with van der Waals surface area (Å²) in [5.41, 5.74) is 1.51. The molecule has 1 aliphatic heterocycles. The first-order valence-corrected chi connectivity index (χ1v) is 9.87. The van der Waals surface area contributed by atoms with Crippen molar-refractivity contribution >= 4 is 16.8 Å². The van der Waals surface area contributed by atoms with Gasteiger partial charge in [-0.15, -0.1) is 0 Å². The molecule has 1 N–H and O–H groups in total.